The Balaban J connectivity index is 1.56. The van der Waals surface area contributed by atoms with Crippen molar-refractivity contribution in [3.8, 4) is 5.75 Å². The van der Waals surface area contributed by atoms with Crippen LogP contribution in [0.25, 0.3) is 0 Å². The van der Waals surface area contributed by atoms with Crippen molar-refractivity contribution >= 4 is 11.6 Å². The minimum absolute atomic E-state index is 0.194. The molecule has 7 heteroatoms. The molecule has 0 bridgehead atoms. The molecule has 2 aromatic rings. The summed E-state index contributed by atoms with van der Waals surface area (Å²) in [5, 5.41) is 2.69. The van der Waals surface area contributed by atoms with Crippen molar-refractivity contribution in [1.29, 1.82) is 0 Å². The molecule has 4 nitrogen and oxygen atoms in total. The minimum Gasteiger partial charge on any atom is -0.406 e. The van der Waals surface area contributed by atoms with E-state index in [0.717, 1.165) is 12.8 Å². The quantitative estimate of drug-likeness (QED) is 0.867. The zero-order valence-corrected chi connectivity index (χ0v) is 14.2. The van der Waals surface area contributed by atoms with Crippen molar-refractivity contribution in [3.63, 3.8) is 0 Å². The van der Waals surface area contributed by atoms with Crippen LogP contribution < -0.4 is 10.1 Å². The fourth-order valence-electron chi connectivity index (χ4n) is 3.27. The van der Waals surface area contributed by atoms with Crippen molar-refractivity contribution in [2.45, 2.75) is 25.2 Å². The van der Waals surface area contributed by atoms with E-state index >= 15 is 0 Å². The first-order chi connectivity index (χ1) is 12.3. The van der Waals surface area contributed by atoms with Gasteiger partial charge in [-0.3, -0.25) is 9.69 Å². The van der Waals surface area contributed by atoms with E-state index in [1.165, 1.54) is 35.4 Å². The number of carbonyl (C=O) groups excluding carboxylic acids is 1. The van der Waals surface area contributed by atoms with E-state index in [-0.39, 0.29) is 24.2 Å². The molecule has 0 aromatic heterocycles. The third-order valence-corrected chi connectivity index (χ3v) is 4.40. The van der Waals surface area contributed by atoms with E-state index < -0.39 is 6.36 Å². The van der Waals surface area contributed by atoms with Gasteiger partial charge >= 0.3 is 6.36 Å². The molecule has 3 rings (SSSR count). The summed E-state index contributed by atoms with van der Waals surface area (Å²) in [7, 11) is 1.90. The van der Waals surface area contributed by atoms with Gasteiger partial charge in [-0.2, -0.15) is 0 Å². The van der Waals surface area contributed by atoms with Crippen LogP contribution in [0.5, 0.6) is 5.75 Å². The molecule has 2 aromatic carbocycles. The number of carbonyl (C=O) groups is 1. The number of alkyl halides is 3. The highest BCUT2D eigenvalue weighted by molar-refractivity contribution is 5.92. The minimum atomic E-state index is -4.73. The maximum Gasteiger partial charge on any atom is 0.573 e. The van der Waals surface area contributed by atoms with Gasteiger partial charge in [-0.05, 0) is 55.3 Å². The number of halogens is 3. The molecule has 1 aliphatic carbocycles. The predicted octanol–water partition coefficient (Wildman–Crippen LogP) is 4.14. The Hall–Kier alpha value is -2.54. The largest absolute Gasteiger partial charge is 0.573 e. The molecule has 1 atom stereocenters. The van der Waals surface area contributed by atoms with Crippen LogP contribution in [-0.4, -0.2) is 30.8 Å². The highest BCUT2D eigenvalue weighted by atomic mass is 19.4. The first-order valence-electron chi connectivity index (χ1n) is 8.25. The molecule has 1 N–H and O–H groups in total. The molecule has 0 fully saturated rings. The Morgan fingerprint density at radius 2 is 1.88 bits per heavy atom. The van der Waals surface area contributed by atoms with Crippen LogP contribution in [0.4, 0.5) is 18.9 Å². The van der Waals surface area contributed by atoms with Crippen LogP contribution in [0.2, 0.25) is 0 Å². The van der Waals surface area contributed by atoms with Gasteiger partial charge in [0.25, 0.3) is 0 Å². The first kappa shape index (κ1) is 18.3. The fourth-order valence-corrected chi connectivity index (χ4v) is 3.27. The van der Waals surface area contributed by atoms with Crippen LogP contribution in [0, 0.1) is 0 Å². The Morgan fingerprint density at radius 3 is 2.58 bits per heavy atom. The smallest absolute Gasteiger partial charge is 0.406 e. The highest BCUT2D eigenvalue weighted by Gasteiger charge is 2.31. The number of ether oxygens (including phenoxy) is 1. The number of aryl methyl sites for hydroxylation is 1. The third kappa shape index (κ3) is 4.54. The molecule has 0 saturated carbocycles. The number of nitrogens with zero attached hydrogens (tertiary/aromatic N) is 1. The van der Waals surface area contributed by atoms with Crippen LogP contribution in [-0.2, 0) is 11.2 Å². The SMILES string of the molecule is CN(CC(=O)Nc1ccc(OC(F)(F)F)cc1)[C@H]1CCc2ccccc21. The maximum absolute atomic E-state index is 12.2. The second kappa shape index (κ2) is 7.37. The van der Waals surface area contributed by atoms with E-state index in [4.69, 9.17) is 0 Å². The fraction of sp³-hybridized carbons (Fsp3) is 0.316. The van der Waals surface area contributed by atoms with Gasteiger partial charge in [0.15, 0.2) is 0 Å². The molecule has 1 aliphatic rings. The predicted molar refractivity (Wildman–Crippen MR) is 91.9 cm³/mol. The van der Waals surface area contributed by atoms with E-state index in [2.05, 4.69) is 22.2 Å². The summed E-state index contributed by atoms with van der Waals surface area (Å²) in [6, 6.07) is 13.5. The Labute approximate surface area is 149 Å². The molecular weight excluding hydrogens is 345 g/mol. The average Bonchev–Trinajstić information content (AvgIpc) is 2.99. The lowest BCUT2D eigenvalue weighted by molar-refractivity contribution is -0.274. The lowest BCUT2D eigenvalue weighted by Gasteiger charge is -2.24. The van der Waals surface area contributed by atoms with Crippen LogP contribution in [0.3, 0.4) is 0 Å². The molecule has 0 spiro atoms. The van der Waals surface area contributed by atoms with E-state index in [9.17, 15) is 18.0 Å². The number of hydrogen-bond donors (Lipinski definition) is 1. The summed E-state index contributed by atoms with van der Waals surface area (Å²) < 4.78 is 40.3. The van der Waals surface area contributed by atoms with E-state index in [1.807, 2.05) is 24.1 Å². The standard InChI is InChI=1S/C19H19F3N2O2/c1-24(17-11-6-13-4-2-3-5-16(13)17)12-18(25)23-14-7-9-15(10-8-14)26-19(20,21)22/h2-5,7-10,17H,6,11-12H2,1H3,(H,23,25)/t17-/m0/s1. The van der Waals surface area contributed by atoms with Crippen LogP contribution in [0.15, 0.2) is 48.5 Å². The number of rotatable bonds is 5. The van der Waals surface area contributed by atoms with Gasteiger partial charge in [-0.25, -0.2) is 0 Å². The molecule has 0 heterocycles. The van der Waals surface area contributed by atoms with Crippen molar-refractivity contribution in [2.24, 2.45) is 0 Å². The van der Waals surface area contributed by atoms with Gasteiger partial charge in [0.1, 0.15) is 5.75 Å². The van der Waals surface area contributed by atoms with E-state index in [0.29, 0.717) is 5.69 Å². The van der Waals surface area contributed by atoms with Crippen LogP contribution in [0.1, 0.15) is 23.6 Å². The molecular formula is C19H19F3N2O2. The number of amides is 1. The number of benzene rings is 2. The van der Waals surface area contributed by atoms with Crippen LogP contribution >= 0.6 is 0 Å². The summed E-state index contributed by atoms with van der Waals surface area (Å²) >= 11 is 0. The molecule has 1 amide bonds. The third-order valence-electron chi connectivity index (χ3n) is 4.40. The Kier molecular flexibility index (Phi) is 5.18. The number of nitrogens with one attached hydrogen (secondary N) is 1. The highest BCUT2D eigenvalue weighted by Crippen LogP contribution is 2.34. The summed E-state index contributed by atoms with van der Waals surface area (Å²) in [6.07, 6.45) is -2.77. The molecule has 0 aliphatic heterocycles. The van der Waals surface area contributed by atoms with E-state index in [1.54, 1.807) is 0 Å². The molecule has 0 radical (unpaired) electrons. The normalized spacial score (nSPS) is 16.4. The topological polar surface area (TPSA) is 41.6 Å². The van der Waals surface area contributed by atoms with Crippen molar-refractivity contribution in [3.05, 3.63) is 59.7 Å². The molecule has 0 unspecified atom stereocenters. The zero-order valence-electron chi connectivity index (χ0n) is 14.2. The lowest BCUT2D eigenvalue weighted by Crippen LogP contribution is -2.32. The summed E-state index contributed by atoms with van der Waals surface area (Å²) in [6.45, 7) is 0.194. The zero-order chi connectivity index (χ0) is 18.7. The number of likely N-dealkylation sites (N-methyl/N-ethyl adjacent to an activating group) is 1. The van der Waals surface area contributed by atoms with Gasteiger partial charge < -0.3 is 10.1 Å². The first-order valence-corrected chi connectivity index (χ1v) is 8.25. The van der Waals surface area contributed by atoms with Gasteiger partial charge in [0, 0.05) is 11.7 Å². The van der Waals surface area contributed by atoms with Gasteiger partial charge in [0.2, 0.25) is 5.91 Å². The average molecular weight is 364 g/mol. The van der Waals surface area contributed by atoms with Crippen molar-refractivity contribution in [2.75, 3.05) is 18.9 Å². The maximum atomic E-state index is 12.2. The molecule has 138 valence electrons. The van der Waals surface area contributed by atoms with Gasteiger partial charge in [-0.15, -0.1) is 13.2 Å². The number of fused-ring (bicyclic) bond motifs is 1. The molecule has 0 saturated heterocycles. The van der Waals surface area contributed by atoms with Crippen molar-refractivity contribution in [1.82, 2.24) is 4.90 Å². The number of anilines is 1. The Bertz CT molecular complexity index is 775. The summed E-state index contributed by atoms with van der Waals surface area (Å²) in [4.78, 5) is 14.2. The summed E-state index contributed by atoms with van der Waals surface area (Å²) in [5.41, 5.74) is 2.98. The lowest BCUT2D eigenvalue weighted by atomic mass is 10.1. The Morgan fingerprint density at radius 1 is 1.19 bits per heavy atom. The van der Waals surface area contributed by atoms with Crippen molar-refractivity contribution < 1.29 is 22.7 Å². The summed E-state index contributed by atoms with van der Waals surface area (Å²) in [5.74, 6) is -0.545. The van der Waals surface area contributed by atoms with Gasteiger partial charge in [0.05, 0.1) is 6.54 Å². The second-order valence-corrected chi connectivity index (χ2v) is 6.29. The monoisotopic (exact) mass is 364 g/mol. The van der Waals surface area contributed by atoms with Gasteiger partial charge in [-0.1, -0.05) is 24.3 Å². The second-order valence-electron chi connectivity index (χ2n) is 6.29. The number of hydrogen-bond acceptors (Lipinski definition) is 3. The molecule has 26 heavy (non-hydrogen) atoms.